The second-order valence-electron chi connectivity index (χ2n) is 11.1. The van der Waals surface area contributed by atoms with Crippen molar-refractivity contribution in [2.24, 2.45) is 5.92 Å². The molecule has 0 radical (unpaired) electrons. The SMILES string of the molecule is CC(=O)N1CCC(C(=O)N2CC[C@@H](N(C)C(=O)c3ccc(-c4ccccc4)cc3)[C@H](c3ccc(Cl)c(Cl)c3)C2)CC1. The van der Waals surface area contributed by atoms with Gasteiger partial charge in [0.15, 0.2) is 0 Å². The third-order valence-electron chi connectivity index (χ3n) is 8.61. The van der Waals surface area contributed by atoms with Crippen LogP contribution in [0.2, 0.25) is 10.0 Å². The Labute approximate surface area is 251 Å². The van der Waals surface area contributed by atoms with Crippen LogP contribution in [-0.4, -0.2) is 71.7 Å². The number of benzene rings is 3. The van der Waals surface area contributed by atoms with E-state index >= 15 is 0 Å². The molecule has 2 fully saturated rings. The summed E-state index contributed by atoms with van der Waals surface area (Å²) in [4.78, 5) is 44.6. The Balaban J connectivity index is 1.35. The Morgan fingerprint density at radius 3 is 2.05 bits per heavy atom. The van der Waals surface area contributed by atoms with Gasteiger partial charge in [-0.15, -0.1) is 0 Å². The van der Waals surface area contributed by atoms with Gasteiger partial charge in [-0.3, -0.25) is 14.4 Å². The fraction of sp³-hybridized carbons (Fsp3) is 0.364. The van der Waals surface area contributed by atoms with Crippen molar-refractivity contribution in [3.63, 3.8) is 0 Å². The van der Waals surface area contributed by atoms with Crippen LogP contribution in [0.3, 0.4) is 0 Å². The molecule has 6 nitrogen and oxygen atoms in total. The van der Waals surface area contributed by atoms with Crippen molar-refractivity contribution >= 4 is 40.9 Å². The fourth-order valence-electron chi connectivity index (χ4n) is 6.16. The summed E-state index contributed by atoms with van der Waals surface area (Å²) in [6.07, 6.45) is 1.99. The van der Waals surface area contributed by atoms with Crippen molar-refractivity contribution in [1.82, 2.24) is 14.7 Å². The van der Waals surface area contributed by atoms with Crippen LogP contribution in [0.5, 0.6) is 0 Å². The predicted molar refractivity (Wildman–Crippen MR) is 163 cm³/mol. The number of amides is 3. The summed E-state index contributed by atoms with van der Waals surface area (Å²) in [7, 11) is 1.84. The lowest BCUT2D eigenvalue weighted by Gasteiger charge is -2.44. The van der Waals surface area contributed by atoms with Crippen molar-refractivity contribution in [3.05, 3.63) is 94.0 Å². The van der Waals surface area contributed by atoms with Crippen LogP contribution in [0.25, 0.3) is 11.1 Å². The standard InChI is InChI=1S/C33H35Cl2N3O3/c1-22(39)37-17-14-26(15-18-37)33(41)38-19-16-31(28(21-38)27-12-13-29(34)30(35)20-27)36(2)32(40)25-10-8-24(9-11-25)23-6-4-3-5-7-23/h3-13,20,26,28,31H,14-19,21H2,1-2H3/t28-,31+/m0/s1. The van der Waals surface area contributed by atoms with E-state index in [0.717, 1.165) is 16.7 Å². The van der Waals surface area contributed by atoms with E-state index in [2.05, 4.69) is 0 Å². The fourth-order valence-corrected chi connectivity index (χ4v) is 6.47. The Kier molecular flexibility index (Phi) is 9.00. The maximum Gasteiger partial charge on any atom is 0.253 e. The van der Waals surface area contributed by atoms with Crippen LogP contribution in [-0.2, 0) is 9.59 Å². The van der Waals surface area contributed by atoms with Gasteiger partial charge in [-0.1, -0.05) is 71.7 Å². The number of nitrogens with zero attached hydrogens (tertiary/aromatic N) is 3. The molecule has 8 heteroatoms. The molecule has 2 aliphatic rings. The summed E-state index contributed by atoms with van der Waals surface area (Å²) < 4.78 is 0. The van der Waals surface area contributed by atoms with Gasteiger partial charge in [-0.05, 0) is 60.2 Å². The summed E-state index contributed by atoms with van der Waals surface area (Å²) in [5, 5.41) is 0.921. The van der Waals surface area contributed by atoms with Crippen LogP contribution in [0.15, 0.2) is 72.8 Å². The molecule has 2 aliphatic heterocycles. The highest BCUT2D eigenvalue weighted by atomic mass is 35.5. The maximum atomic E-state index is 13.7. The topological polar surface area (TPSA) is 60.9 Å². The number of carbonyl (C=O) groups is 3. The van der Waals surface area contributed by atoms with Crippen LogP contribution in [0.1, 0.15) is 48.0 Å². The highest BCUT2D eigenvalue weighted by Crippen LogP contribution is 2.36. The number of halogens is 2. The zero-order valence-electron chi connectivity index (χ0n) is 23.4. The first kappa shape index (κ1) is 29.2. The maximum absolute atomic E-state index is 13.7. The zero-order chi connectivity index (χ0) is 29.1. The van der Waals surface area contributed by atoms with Gasteiger partial charge in [0.1, 0.15) is 0 Å². The van der Waals surface area contributed by atoms with E-state index in [1.165, 1.54) is 0 Å². The van der Waals surface area contributed by atoms with Crippen molar-refractivity contribution in [2.45, 2.75) is 38.1 Å². The van der Waals surface area contributed by atoms with E-state index in [4.69, 9.17) is 23.2 Å². The molecule has 2 heterocycles. The monoisotopic (exact) mass is 591 g/mol. The smallest absolute Gasteiger partial charge is 0.253 e. The van der Waals surface area contributed by atoms with E-state index in [1.807, 2.05) is 88.5 Å². The molecule has 0 unspecified atom stereocenters. The molecule has 0 saturated carbocycles. The van der Waals surface area contributed by atoms with E-state index in [9.17, 15) is 14.4 Å². The van der Waals surface area contributed by atoms with Crippen LogP contribution in [0, 0.1) is 5.92 Å². The first-order valence-electron chi connectivity index (χ1n) is 14.1. The molecule has 0 N–H and O–H groups in total. The normalized spacial score (nSPS) is 19.6. The lowest BCUT2D eigenvalue weighted by atomic mass is 9.83. The molecular weight excluding hydrogens is 557 g/mol. The molecule has 214 valence electrons. The molecule has 0 aromatic heterocycles. The zero-order valence-corrected chi connectivity index (χ0v) is 24.9. The largest absolute Gasteiger partial charge is 0.343 e. The quantitative estimate of drug-likeness (QED) is 0.346. The lowest BCUT2D eigenvalue weighted by molar-refractivity contribution is -0.141. The second-order valence-corrected chi connectivity index (χ2v) is 11.9. The van der Waals surface area contributed by atoms with Gasteiger partial charge in [-0.25, -0.2) is 0 Å². The van der Waals surface area contributed by atoms with Crippen molar-refractivity contribution in [2.75, 3.05) is 33.2 Å². The minimum atomic E-state index is -0.128. The third kappa shape index (κ3) is 6.44. The second kappa shape index (κ2) is 12.7. The molecule has 3 aromatic rings. The number of hydrogen-bond donors (Lipinski definition) is 0. The number of hydrogen-bond acceptors (Lipinski definition) is 3. The number of likely N-dealkylation sites (N-methyl/N-ethyl adjacent to an activating group) is 1. The average molecular weight is 593 g/mol. The summed E-state index contributed by atoms with van der Waals surface area (Å²) in [6.45, 7) is 3.85. The number of rotatable bonds is 5. The minimum absolute atomic E-state index is 0.0544. The van der Waals surface area contributed by atoms with Gasteiger partial charge in [0, 0.05) is 63.6 Å². The molecule has 0 aliphatic carbocycles. The first-order chi connectivity index (χ1) is 19.7. The Hall–Kier alpha value is -3.35. The molecule has 0 spiro atoms. The van der Waals surface area contributed by atoms with Gasteiger partial charge < -0.3 is 14.7 Å². The van der Waals surface area contributed by atoms with Gasteiger partial charge in [-0.2, -0.15) is 0 Å². The van der Waals surface area contributed by atoms with Crippen molar-refractivity contribution < 1.29 is 14.4 Å². The molecule has 5 rings (SSSR count). The predicted octanol–water partition coefficient (Wildman–Crippen LogP) is 6.38. The molecular formula is C33H35Cl2N3O3. The molecule has 3 aromatic carbocycles. The van der Waals surface area contributed by atoms with E-state index in [0.29, 0.717) is 61.1 Å². The number of piperidine rings is 2. The van der Waals surface area contributed by atoms with Gasteiger partial charge in [0.25, 0.3) is 5.91 Å². The summed E-state index contributed by atoms with van der Waals surface area (Å²) in [6, 6.07) is 23.2. The number of carbonyl (C=O) groups excluding carboxylic acids is 3. The van der Waals surface area contributed by atoms with E-state index in [1.54, 1.807) is 13.0 Å². The van der Waals surface area contributed by atoms with E-state index in [-0.39, 0.29) is 35.6 Å². The Bertz CT molecular complexity index is 1400. The average Bonchev–Trinajstić information content (AvgIpc) is 3.01. The molecule has 2 saturated heterocycles. The van der Waals surface area contributed by atoms with Crippen molar-refractivity contribution in [1.29, 1.82) is 0 Å². The first-order valence-corrected chi connectivity index (χ1v) is 14.9. The summed E-state index contributed by atoms with van der Waals surface area (Å²) in [5.41, 5.74) is 3.73. The third-order valence-corrected chi connectivity index (χ3v) is 9.35. The molecule has 41 heavy (non-hydrogen) atoms. The highest BCUT2D eigenvalue weighted by molar-refractivity contribution is 6.42. The van der Waals surface area contributed by atoms with Crippen LogP contribution >= 0.6 is 23.2 Å². The molecule has 2 atom stereocenters. The molecule has 0 bridgehead atoms. The Morgan fingerprint density at radius 2 is 1.41 bits per heavy atom. The summed E-state index contributed by atoms with van der Waals surface area (Å²) >= 11 is 12.7. The van der Waals surface area contributed by atoms with Gasteiger partial charge in [0.05, 0.1) is 10.0 Å². The minimum Gasteiger partial charge on any atom is -0.343 e. The summed E-state index contributed by atoms with van der Waals surface area (Å²) in [5.74, 6) is -0.103. The van der Waals surface area contributed by atoms with Gasteiger partial charge >= 0.3 is 0 Å². The van der Waals surface area contributed by atoms with Gasteiger partial charge in [0.2, 0.25) is 11.8 Å². The Morgan fingerprint density at radius 1 is 0.780 bits per heavy atom. The van der Waals surface area contributed by atoms with E-state index < -0.39 is 0 Å². The van der Waals surface area contributed by atoms with Crippen LogP contribution in [0.4, 0.5) is 0 Å². The highest BCUT2D eigenvalue weighted by Gasteiger charge is 2.39. The lowest BCUT2D eigenvalue weighted by Crippen LogP contribution is -2.53. The number of likely N-dealkylation sites (tertiary alicyclic amines) is 2. The van der Waals surface area contributed by atoms with Crippen LogP contribution < -0.4 is 0 Å². The molecule has 3 amide bonds. The van der Waals surface area contributed by atoms with Crippen molar-refractivity contribution in [3.8, 4) is 11.1 Å².